The van der Waals surface area contributed by atoms with Gasteiger partial charge in [0.05, 0.1) is 0 Å². The number of nitrogens with one attached hydrogen (secondary N) is 2. The summed E-state index contributed by atoms with van der Waals surface area (Å²) >= 11 is 5.84. The number of rotatable bonds is 6. The van der Waals surface area contributed by atoms with Gasteiger partial charge in [0, 0.05) is 11.6 Å². The fraction of sp³-hybridized carbons (Fsp3) is 0.375. The summed E-state index contributed by atoms with van der Waals surface area (Å²) in [5.41, 5.74) is -0.264. The smallest absolute Gasteiger partial charge is 0.326 e. The van der Waals surface area contributed by atoms with Crippen LogP contribution in [0.4, 0.5) is 4.79 Å². The van der Waals surface area contributed by atoms with E-state index in [4.69, 9.17) is 16.3 Å². The Morgan fingerprint density at radius 2 is 2.04 bits per heavy atom. The van der Waals surface area contributed by atoms with E-state index >= 15 is 0 Å². The number of benzene rings is 1. The zero-order valence-corrected chi connectivity index (χ0v) is 14.6. The van der Waals surface area contributed by atoms with Crippen molar-refractivity contribution in [1.82, 2.24) is 15.5 Å². The first-order valence-electron chi connectivity index (χ1n) is 7.50. The molecule has 9 heteroatoms. The van der Waals surface area contributed by atoms with Crippen molar-refractivity contribution < 1.29 is 23.9 Å². The van der Waals surface area contributed by atoms with E-state index in [2.05, 4.69) is 10.6 Å². The summed E-state index contributed by atoms with van der Waals surface area (Å²) in [6, 6.07) is 6.29. The van der Waals surface area contributed by atoms with Gasteiger partial charge in [0.25, 0.3) is 11.8 Å². The second kappa shape index (κ2) is 7.52. The molecule has 0 unspecified atom stereocenters. The van der Waals surface area contributed by atoms with Crippen molar-refractivity contribution >= 4 is 35.4 Å². The number of ether oxygens (including phenoxy) is 1. The van der Waals surface area contributed by atoms with Crippen LogP contribution in [0.1, 0.15) is 19.4 Å². The Hall–Kier alpha value is -2.61. The molecule has 1 fully saturated rings. The van der Waals surface area contributed by atoms with Crippen molar-refractivity contribution in [3.05, 3.63) is 34.9 Å². The standard InChI is InChI=1S/C16H18ClN3O5/c1-16(2)14(23)20(15(24)19-16)8-13(22)25-9-12(21)18-7-10-4-3-5-11(17)6-10/h3-6H,7-9H2,1-2H3,(H,18,21)(H,19,24). The average Bonchev–Trinajstić information content (AvgIpc) is 2.73. The van der Waals surface area contributed by atoms with Crippen molar-refractivity contribution in [3.63, 3.8) is 0 Å². The minimum absolute atomic E-state index is 0.234. The molecule has 1 aliphatic heterocycles. The third kappa shape index (κ3) is 4.93. The predicted molar refractivity (Wildman–Crippen MR) is 88.6 cm³/mol. The normalized spacial score (nSPS) is 15.7. The molecule has 1 aliphatic rings. The Bertz CT molecular complexity index is 719. The summed E-state index contributed by atoms with van der Waals surface area (Å²) in [5.74, 6) is -1.88. The number of hydrogen-bond acceptors (Lipinski definition) is 5. The first-order valence-corrected chi connectivity index (χ1v) is 7.88. The van der Waals surface area contributed by atoms with Crippen LogP contribution in [-0.2, 0) is 25.7 Å². The van der Waals surface area contributed by atoms with Crippen molar-refractivity contribution in [2.75, 3.05) is 13.2 Å². The van der Waals surface area contributed by atoms with E-state index in [1.54, 1.807) is 24.3 Å². The highest BCUT2D eigenvalue weighted by Gasteiger charge is 2.45. The summed E-state index contributed by atoms with van der Waals surface area (Å²) in [6.45, 7) is 2.24. The highest BCUT2D eigenvalue weighted by molar-refractivity contribution is 6.30. The van der Waals surface area contributed by atoms with Gasteiger partial charge < -0.3 is 15.4 Å². The van der Waals surface area contributed by atoms with Gasteiger partial charge in [0.15, 0.2) is 6.61 Å². The number of urea groups is 1. The molecule has 0 atom stereocenters. The number of imide groups is 1. The number of halogens is 1. The highest BCUT2D eigenvalue weighted by Crippen LogP contribution is 2.16. The van der Waals surface area contributed by atoms with Gasteiger partial charge in [-0.25, -0.2) is 4.79 Å². The lowest BCUT2D eigenvalue weighted by atomic mass is 10.1. The highest BCUT2D eigenvalue weighted by atomic mass is 35.5. The molecule has 1 heterocycles. The molecule has 8 nitrogen and oxygen atoms in total. The quantitative estimate of drug-likeness (QED) is 0.572. The lowest BCUT2D eigenvalue weighted by Gasteiger charge is -2.15. The predicted octanol–water partition coefficient (Wildman–Crippen LogP) is 0.830. The molecule has 2 N–H and O–H groups in total. The van der Waals surface area contributed by atoms with Crippen molar-refractivity contribution in [2.24, 2.45) is 0 Å². The fourth-order valence-electron chi connectivity index (χ4n) is 2.18. The van der Waals surface area contributed by atoms with E-state index in [0.29, 0.717) is 5.02 Å². The molecular formula is C16H18ClN3O5. The van der Waals surface area contributed by atoms with Crippen LogP contribution in [0.5, 0.6) is 0 Å². The number of esters is 1. The Balaban J connectivity index is 1.75. The largest absolute Gasteiger partial charge is 0.454 e. The molecule has 1 saturated heterocycles. The van der Waals surface area contributed by atoms with Gasteiger partial charge in [0.2, 0.25) is 0 Å². The van der Waals surface area contributed by atoms with Crippen LogP contribution in [0, 0.1) is 0 Å². The minimum atomic E-state index is -1.06. The van der Waals surface area contributed by atoms with E-state index in [1.807, 2.05) is 0 Å². The first kappa shape index (κ1) is 18.7. The SMILES string of the molecule is CC1(C)NC(=O)N(CC(=O)OCC(=O)NCc2cccc(Cl)c2)C1=O. The van der Waals surface area contributed by atoms with Crippen LogP contribution in [0.2, 0.25) is 5.02 Å². The van der Waals surface area contributed by atoms with E-state index in [-0.39, 0.29) is 6.54 Å². The van der Waals surface area contributed by atoms with E-state index < -0.39 is 42.5 Å². The van der Waals surface area contributed by atoms with Crippen LogP contribution < -0.4 is 10.6 Å². The lowest BCUT2D eigenvalue weighted by Crippen LogP contribution is -2.41. The number of amides is 4. The molecule has 0 bridgehead atoms. The van der Waals surface area contributed by atoms with Gasteiger partial charge in [-0.1, -0.05) is 23.7 Å². The maximum absolute atomic E-state index is 11.9. The van der Waals surface area contributed by atoms with Gasteiger partial charge >= 0.3 is 12.0 Å². The van der Waals surface area contributed by atoms with Crippen LogP contribution >= 0.6 is 11.6 Å². The zero-order chi connectivity index (χ0) is 18.6. The molecule has 4 amide bonds. The van der Waals surface area contributed by atoms with E-state index in [0.717, 1.165) is 10.5 Å². The molecular weight excluding hydrogens is 350 g/mol. The van der Waals surface area contributed by atoms with Gasteiger partial charge in [-0.05, 0) is 31.5 Å². The summed E-state index contributed by atoms with van der Waals surface area (Å²) in [4.78, 5) is 47.8. The third-order valence-electron chi connectivity index (χ3n) is 3.47. The molecule has 0 aromatic heterocycles. The first-order chi connectivity index (χ1) is 11.7. The second-order valence-corrected chi connectivity index (χ2v) is 6.45. The summed E-state index contributed by atoms with van der Waals surface area (Å²) in [5, 5.41) is 5.57. The van der Waals surface area contributed by atoms with E-state index in [9.17, 15) is 19.2 Å². The van der Waals surface area contributed by atoms with Crippen molar-refractivity contribution in [2.45, 2.75) is 25.9 Å². The Morgan fingerprint density at radius 1 is 1.32 bits per heavy atom. The fourth-order valence-corrected chi connectivity index (χ4v) is 2.39. The number of carbonyl (C=O) groups excluding carboxylic acids is 4. The van der Waals surface area contributed by atoms with Crippen LogP contribution in [-0.4, -0.2) is 47.4 Å². The molecule has 1 aromatic rings. The average molecular weight is 368 g/mol. The van der Waals surface area contributed by atoms with Gasteiger partial charge in [-0.2, -0.15) is 0 Å². The second-order valence-electron chi connectivity index (χ2n) is 6.01. The van der Waals surface area contributed by atoms with Gasteiger partial charge in [0.1, 0.15) is 12.1 Å². The van der Waals surface area contributed by atoms with Crippen molar-refractivity contribution in [3.8, 4) is 0 Å². The Labute approximate surface area is 149 Å². The van der Waals surface area contributed by atoms with E-state index in [1.165, 1.54) is 13.8 Å². The van der Waals surface area contributed by atoms with Crippen LogP contribution in [0.25, 0.3) is 0 Å². The Morgan fingerprint density at radius 3 is 2.64 bits per heavy atom. The number of carbonyl (C=O) groups is 4. The topological polar surface area (TPSA) is 105 Å². The molecule has 2 rings (SSSR count). The monoisotopic (exact) mass is 367 g/mol. The van der Waals surface area contributed by atoms with Crippen LogP contribution in [0.15, 0.2) is 24.3 Å². The molecule has 134 valence electrons. The van der Waals surface area contributed by atoms with Gasteiger partial charge in [-0.3, -0.25) is 19.3 Å². The summed E-state index contributed by atoms with van der Waals surface area (Å²) < 4.78 is 4.79. The summed E-state index contributed by atoms with van der Waals surface area (Å²) in [7, 11) is 0. The molecule has 0 spiro atoms. The molecule has 1 aromatic carbocycles. The van der Waals surface area contributed by atoms with Crippen molar-refractivity contribution in [1.29, 1.82) is 0 Å². The third-order valence-corrected chi connectivity index (χ3v) is 3.71. The minimum Gasteiger partial charge on any atom is -0.454 e. The molecule has 25 heavy (non-hydrogen) atoms. The summed E-state index contributed by atoms with van der Waals surface area (Å²) in [6.07, 6.45) is 0. The van der Waals surface area contributed by atoms with Gasteiger partial charge in [-0.15, -0.1) is 0 Å². The lowest BCUT2D eigenvalue weighted by molar-refractivity contribution is -0.151. The number of hydrogen-bond donors (Lipinski definition) is 2. The Kier molecular flexibility index (Phi) is 5.63. The van der Waals surface area contributed by atoms with Crippen LogP contribution in [0.3, 0.4) is 0 Å². The maximum atomic E-state index is 11.9. The maximum Gasteiger partial charge on any atom is 0.326 e. The number of nitrogens with zero attached hydrogens (tertiary/aromatic N) is 1. The zero-order valence-electron chi connectivity index (χ0n) is 13.8. The molecule has 0 aliphatic carbocycles. The molecule has 0 radical (unpaired) electrons. The molecule has 0 saturated carbocycles.